The van der Waals surface area contributed by atoms with Crippen molar-refractivity contribution in [2.24, 2.45) is 5.73 Å². The molecule has 0 bridgehead atoms. The Kier molecular flexibility index (Phi) is 6.66. The van der Waals surface area contributed by atoms with Crippen LogP contribution in [0.5, 0.6) is 17.2 Å². The van der Waals surface area contributed by atoms with Gasteiger partial charge in [0.05, 0.1) is 5.92 Å². The Hall–Kier alpha value is -3.37. The Morgan fingerprint density at radius 1 is 1.03 bits per heavy atom. The number of nitrogens with zero attached hydrogens (tertiary/aromatic N) is 1. The average Bonchev–Trinajstić information content (AvgIpc) is 2.77. The van der Waals surface area contributed by atoms with Crippen molar-refractivity contribution in [1.82, 2.24) is 0 Å². The maximum atomic E-state index is 12.2. The Morgan fingerprint density at radius 3 is 2.45 bits per heavy atom. The number of carbonyl (C=O) groups excluding carboxylic acids is 1. The normalized spacial score (nSPS) is 14.7. The minimum absolute atomic E-state index is 0.0845. The topological polar surface area (TPSA) is 94.6 Å². The molecule has 4 rings (SSSR count). The van der Waals surface area contributed by atoms with Crippen LogP contribution in [-0.4, -0.2) is 12.6 Å². The maximum Gasteiger partial charge on any atom is 0.349 e. The smallest absolute Gasteiger partial charge is 0.349 e. The van der Waals surface area contributed by atoms with Gasteiger partial charge in [-0.25, -0.2) is 4.79 Å². The molecule has 0 radical (unpaired) electrons. The molecular formula is C24H15Cl3N2O4. The van der Waals surface area contributed by atoms with E-state index >= 15 is 0 Å². The summed E-state index contributed by atoms with van der Waals surface area (Å²) in [6.07, 6.45) is 0. The van der Waals surface area contributed by atoms with Crippen molar-refractivity contribution in [3.63, 3.8) is 0 Å². The van der Waals surface area contributed by atoms with Crippen molar-refractivity contribution < 1.29 is 19.0 Å². The molecule has 3 aromatic rings. The maximum absolute atomic E-state index is 12.2. The highest BCUT2D eigenvalue weighted by Gasteiger charge is 2.33. The molecule has 1 unspecified atom stereocenters. The third-order valence-electron chi connectivity index (χ3n) is 4.86. The fraction of sp³-hybridized carbons (Fsp3) is 0.0833. The summed E-state index contributed by atoms with van der Waals surface area (Å²) in [5.41, 5.74) is 7.33. The molecule has 2 N–H and O–H groups in total. The third kappa shape index (κ3) is 4.86. The molecule has 6 nitrogen and oxygen atoms in total. The van der Waals surface area contributed by atoms with Crippen LogP contribution >= 0.6 is 34.8 Å². The summed E-state index contributed by atoms with van der Waals surface area (Å²) >= 11 is 18.7. The molecule has 0 saturated heterocycles. The molecule has 0 aromatic heterocycles. The van der Waals surface area contributed by atoms with Crippen molar-refractivity contribution >= 4 is 40.8 Å². The third-order valence-corrected chi connectivity index (χ3v) is 5.76. The second-order valence-corrected chi connectivity index (χ2v) is 8.23. The number of fused-ring (bicyclic) bond motifs is 1. The lowest BCUT2D eigenvalue weighted by Gasteiger charge is -2.27. The van der Waals surface area contributed by atoms with Gasteiger partial charge in [-0.15, -0.1) is 0 Å². The SMILES string of the molecule is N#CC1=C(N)Oc2cc(OC(=O)COc3cccc(Cl)c3)ccc2C1c1c(Cl)cccc1Cl. The number of esters is 1. The molecule has 0 aliphatic carbocycles. The van der Waals surface area contributed by atoms with E-state index in [2.05, 4.69) is 6.07 Å². The molecule has 0 saturated carbocycles. The highest BCUT2D eigenvalue weighted by molar-refractivity contribution is 6.36. The van der Waals surface area contributed by atoms with Crippen LogP contribution in [0.3, 0.4) is 0 Å². The number of carbonyl (C=O) groups is 1. The monoisotopic (exact) mass is 500 g/mol. The zero-order valence-corrected chi connectivity index (χ0v) is 19.1. The number of benzene rings is 3. The number of nitrogens with two attached hydrogens (primary N) is 1. The summed E-state index contributed by atoms with van der Waals surface area (Å²) in [4.78, 5) is 12.2. The van der Waals surface area contributed by atoms with E-state index in [-0.39, 0.29) is 23.8 Å². The molecule has 0 spiro atoms. The summed E-state index contributed by atoms with van der Waals surface area (Å²) in [5, 5.41) is 11.0. The van der Waals surface area contributed by atoms with Crippen LogP contribution in [0, 0.1) is 11.3 Å². The van der Waals surface area contributed by atoms with Crippen molar-refractivity contribution in [2.45, 2.75) is 5.92 Å². The van der Waals surface area contributed by atoms with Crippen molar-refractivity contribution in [2.75, 3.05) is 6.61 Å². The number of hydrogen-bond acceptors (Lipinski definition) is 6. The number of ether oxygens (including phenoxy) is 3. The van der Waals surface area contributed by atoms with Gasteiger partial charge in [-0.2, -0.15) is 5.26 Å². The van der Waals surface area contributed by atoms with E-state index in [1.165, 1.54) is 6.07 Å². The Morgan fingerprint density at radius 2 is 1.76 bits per heavy atom. The van der Waals surface area contributed by atoms with E-state index < -0.39 is 11.9 Å². The number of halogens is 3. The lowest BCUT2D eigenvalue weighted by molar-refractivity contribution is -0.136. The zero-order valence-electron chi connectivity index (χ0n) is 16.8. The molecule has 166 valence electrons. The minimum Gasteiger partial charge on any atom is -0.482 e. The van der Waals surface area contributed by atoms with Crippen LogP contribution < -0.4 is 19.9 Å². The molecule has 9 heteroatoms. The summed E-state index contributed by atoms with van der Waals surface area (Å²) in [6, 6.07) is 18.6. The first kappa shape index (κ1) is 22.8. The first-order valence-corrected chi connectivity index (χ1v) is 10.7. The van der Waals surface area contributed by atoms with Gasteiger partial charge in [-0.05, 0) is 36.4 Å². The standard InChI is InChI=1S/C24H15Cl3N2O4/c25-13-3-1-4-14(9-13)31-12-21(30)32-15-7-8-16-20(10-15)33-24(29)17(11-28)22(16)23-18(26)5-2-6-19(23)27/h1-10,22H,12,29H2. The summed E-state index contributed by atoms with van der Waals surface area (Å²) < 4.78 is 16.4. The van der Waals surface area contributed by atoms with Crippen molar-refractivity contribution in [3.8, 4) is 23.3 Å². The number of allylic oxidation sites excluding steroid dienone is 1. The summed E-state index contributed by atoms with van der Waals surface area (Å²) in [7, 11) is 0. The first-order chi connectivity index (χ1) is 15.9. The lowest BCUT2D eigenvalue weighted by Crippen LogP contribution is -2.22. The predicted molar refractivity (Wildman–Crippen MR) is 125 cm³/mol. The highest BCUT2D eigenvalue weighted by Crippen LogP contribution is 2.47. The number of nitriles is 1. The van der Waals surface area contributed by atoms with E-state index in [1.54, 1.807) is 54.6 Å². The predicted octanol–water partition coefficient (Wildman–Crippen LogP) is 5.85. The van der Waals surface area contributed by atoms with Gasteiger partial charge < -0.3 is 19.9 Å². The number of rotatable bonds is 5. The Bertz CT molecular complexity index is 1300. The van der Waals surface area contributed by atoms with E-state index in [4.69, 9.17) is 54.7 Å². The molecule has 3 aromatic carbocycles. The average molecular weight is 502 g/mol. The van der Waals surface area contributed by atoms with Crippen molar-refractivity contribution in [1.29, 1.82) is 5.26 Å². The fourth-order valence-electron chi connectivity index (χ4n) is 3.44. The van der Waals surface area contributed by atoms with Crippen LogP contribution in [0.1, 0.15) is 17.0 Å². The fourth-order valence-corrected chi connectivity index (χ4v) is 4.24. The number of hydrogen-bond donors (Lipinski definition) is 1. The van der Waals surface area contributed by atoms with Gasteiger partial charge in [0.2, 0.25) is 5.88 Å². The second kappa shape index (κ2) is 9.63. The van der Waals surface area contributed by atoms with Crippen molar-refractivity contribution in [3.05, 3.63) is 98.3 Å². The van der Waals surface area contributed by atoms with Crippen LogP contribution in [0.4, 0.5) is 0 Å². The van der Waals surface area contributed by atoms with E-state index in [0.717, 1.165) is 0 Å². The van der Waals surface area contributed by atoms with E-state index in [0.29, 0.717) is 37.7 Å². The van der Waals surface area contributed by atoms with Crippen LogP contribution in [0.2, 0.25) is 15.1 Å². The van der Waals surface area contributed by atoms with Gasteiger partial charge in [-0.1, -0.05) is 53.0 Å². The molecule has 33 heavy (non-hydrogen) atoms. The largest absolute Gasteiger partial charge is 0.482 e. The minimum atomic E-state index is -0.643. The Balaban J connectivity index is 1.59. The summed E-state index contributed by atoms with van der Waals surface area (Å²) in [6.45, 7) is -0.323. The van der Waals surface area contributed by atoms with Gasteiger partial charge in [-0.3, -0.25) is 0 Å². The lowest BCUT2D eigenvalue weighted by atomic mass is 9.83. The Labute approximate surface area is 204 Å². The quantitative estimate of drug-likeness (QED) is 0.348. The van der Waals surface area contributed by atoms with Gasteiger partial charge >= 0.3 is 5.97 Å². The summed E-state index contributed by atoms with van der Waals surface area (Å²) in [5.74, 6) is -0.388. The van der Waals surface area contributed by atoms with Crippen LogP contribution in [0.25, 0.3) is 0 Å². The van der Waals surface area contributed by atoms with Gasteiger partial charge in [0.25, 0.3) is 0 Å². The van der Waals surface area contributed by atoms with Crippen LogP contribution in [-0.2, 0) is 4.79 Å². The second-order valence-electron chi connectivity index (χ2n) is 6.98. The molecule has 1 heterocycles. The molecule has 1 atom stereocenters. The van der Waals surface area contributed by atoms with Gasteiger partial charge in [0, 0.05) is 32.3 Å². The van der Waals surface area contributed by atoms with Crippen LogP contribution in [0.15, 0.2) is 72.1 Å². The molecular weight excluding hydrogens is 487 g/mol. The molecule has 0 amide bonds. The zero-order chi connectivity index (χ0) is 23.5. The van der Waals surface area contributed by atoms with Gasteiger partial charge in [0.15, 0.2) is 6.61 Å². The molecule has 1 aliphatic heterocycles. The molecule has 0 fully saturated rings. The molecule has 1 aliphatic rings. The van der Waals surface area contributed by atoms with Gasteiger partial charge in [0.1, 0.15) is 28.9 Å². The first-order valence-electron chi connectivity index (χ1n) is 9.62. The van der Waals surface area contributed by atoms with E-state index in [1.807, 2.05) is 0 Å². The van der Waals surface area contributed by atoms with E-state index in [9.17, 15) is 10.1 Å². The highest BCUT2D eigenvalue weighted by atomic mass is 35.5.